The van der Waals surface area contributed by atoms with Gasteiger partial charge in [0.2, 0.25) is 10.0 Å². The first kappa shape index (κ1) is 12.3. The van der Waals surface area contributed by atoms with Crippen molar-refractivity contribution < 1.29 is 12.8 Å². The molecule has 0 amide bonds. The highest BCUT2D eigenvalue weighted by atomic mass is 32.2. The van der Waals surface area contributed by atoms with Crippen LogP contribution in [-0.4, -0.2) is 15.0 Å². The fourth-order valence-electron chi connectivity index (χ4n) is 1.47. The summed E-state index contributed by atoms with van der Waals surface area (Å²) in [5.74, 6) is -0.821. The van der Waals surface area contributed by atoms with Crippen molar-refractivity contribution in [2.45, 2.75) is 24.7 Å². The van der Waals surface area contributed by atoms with Gasteiger partial charge >= 0.3 is 0 Å². The van der Waals surface area contributed by atoms with Crippen LogP contribution in [0.5, 0.6) is 0 Å². The van der Waals surface area contributed by atoms with Gasteiger partial charge < -0.3 is 5.73 Å². The van der Waals surface area contributed by atoms with E-state index in [9.17, 15) is 12.8 Å². The summed E-state index contributed by atoms with van der Waals surface area (Å²) in [5.41, 5.74) is 5.61. The van der Waals surface area contributed by atoms with Gasteiger partial charge in [-0.1, -0.05) is 6.92 Å². The molecule has 1 aliphatic rings. The van der Waals surface area contributed by atoms with Gasteiger partial charge in [-0.3, -0.25) is 0 Å². The zero-order chi connectivity index (χ0) is 12.7. The molecule has 4 nitrogen and oxygen atoms in total. The summed E-state index contributed by atoms with van der Waals surface area (Å²) in [4.78, 5) is -0.351. The standard InChI is InChI=1S/C11H15FN2O2S/c1-11(4-5-11)7-14-17(15,16)10-3-2-8(13)6-9(10)12/h2-3,6,14H,4-5,7,13H2,1H3. The highest BCUT2D eigenvalue weighted by Gasteiger charge is 2.38. The maximum atomic E-state index is 13.5. The monoisotopic (exact) mass is 258 g/mol. The fraction of sp³-hybridized carbons (Fsp3) is 0.455. The van der Waals surface area contributed by atoms with Gasteiger partial charge in [0.05, 0.1) is 0 Å². The topological polar surface area (TPSA) is 72.2 Å². The molecule has 0 aromatic heterocycles. The van der Waals surface area contributed by atoms with Crippen molar-refractivity contribution >= 4 is 15.7 Å². The van der Waals surface area contributed by atoms with Crippen LogP contribution in [0.1, 0.15) is 19.8 Å². The van der Waals surface area contributed by atoms with E-state index < -0.39 is 15.8 Å². The number of rotatable bonds is 4. The molecule has 17 heavy (non-hydrogen) atoms. The van der Waals surface area contributed by atoms with Crippen molar-refractivity contribution in [3.63, 3.8) is 0 Å². The Labute approximate surface area is 100 Å². The molecular formula is C11H15FN2O2S. The molecule has 0 bridgehead atoms. The molecule has 0 heterocycles. The lowest BCUT2D eigenvalue weighted by molar-refractivity contribution is 0.522. The summed E-state index contributed by atoms with van der Waals surface area (Å²) in [6.45, 7) is 2.34. The molecule has 2 rings (SSSR count). The molecule has 1 fully saturated rings. The Morgan fingerprint density at radius 1 is 1.47 bits per heavy atom. The number of halogens is 1. The maximum absolute atomic E-state index is 13.5. The van der Waals surface area contributed by atoms with Crippen LogP contribution in [0.4, 0.5) is 10.1 Å². The molecule has 1 aromatic carbocycles. The fourth-order valence-corrected chi connectivity index (χ4v) is 2.73. The molecule has 0 unspecified atom stereocenters. The molecule has 0 aliphatic heterocycles. The number of hydrogen-bond acceptors (Lipinski definition) is 3. The molecule has 6 heteroatoms. The van der Waals surface area contributed by atoms with E-state index in [0.29, 0.717) is 6.54 Å². The molecule has 1 aromatic rings. The Hall–Kier alpha value is -1.14. The minimum atomic E-state index is -3.78. The zero-order valence-electron chi connectivity index (χ0n) is 9.53. The number of nitrogens with one attached hydrogen (secondary N) is 1. The van der Waals surface area contributed by atoms with E-state index in [1.165, 1.54) is 12.1 Å². The van der Waals surface area contributed by atoms with Crippen LogP contribution < -0.4 is 10.5 Å². The first-order valence-electron chi connectivity index (χ1n) is 5.37. The first-order valence-corrected chi connectivity index (χ1v) is 6.85. The molecule has 1 aliphatic carbocycles. The van der Waals surface area contributed by atoms with Crippen molar-refractivity contribution in [2.24, 2.45) is 5.41 Å². The highest BCUT2D eigenvalue weighted by molar-refractivity contribution is 7.89. The number of hydrogen-bond donors (Lipinski definition) is 2. The van der Waals surface area contributed by atoms with Crippen LogP contribution in [-0.2, 0) is 10.0 Å². The average Bonchev–Trinajstić information content (AvgIpc) is 2.94. The molecule has 0 saturated heterocycles. The van der Waals surface area contributed by atoms with Gasteiger partial charge in [-0.15, -0.1) is 0 Å². The molecular weight excluding hydrogens is 243 g/mol. The lowest BCUT2D eigenvalue weighted by Crippen LogP contribution is -2.29. The summed E-state index contributed by atoms with van der Waals surface area (Å²) in [5, 5.41) is 0. The second-order valence-corrected chi connectivity index (χ2v) is 6.56. The Kier molecular flexibility index (Phi) is 2.87. The number of nitrogen functional groups attached to an aromatic ring is 1. The normalized spacial score (nSPS) is 18.0. The van der Waals surface area contributed by atoms with E-state index in [2.05, 4.69) is 4.72 Å². The first-order chi connectivity index (χ1) is 7.82. The van der Waals surface area contributed by atoms with Gasteiger partial charge in [0.25, 0.3) is 0 Å². The zero-order valence-corrected chi connectivity index (χ0v) is 10.3. The van der Waals surface area contributed by atoms with E-state index in [4.69, 9.17) is 5.73 Å². The van der Waals surface area contributed by atoms with Crippen molar-refractivity contribution in [3.8, 4) is 0 Å². The third-order valence-corrected chi connectivity index (χ3v) is 4.47. The van der Waals surface area contributed by atoms with E-state index in [1.807, 2.05) is 6.92 Å². The summed E-state index contributed by atoms with van der Waals surface area (Å²) in [6.07, 6.45) is 2.00. The summed E-state index contributed by atoms with van der Waals surface area (Å²) in [7, 11) is -3.78. The SMILES string of the molecule is CC1(CNS(=O)(=O)c2ccc(N)cc2F)CC1. The number of benzene rings is 1. The second-order valence-electron chi connectivity index (χ2n) is 4.83. The van der Waals surface area contributed by atoms with E-state index in [-0.39, 0.29) is 16.0 Å². The predicted octanol–water partition coefficient (Wildman–Crippen LogP) is 1.49. The third-order valence-electron chi connectivity index (χ3n) is 3.04. The Balaban J connectivity index is 2.19. The highest BCUT2D eigenvalue weighted by Crippen LogP contribution is 2.44. The lowest BCUT2D eigenvalue weighted by Gasteiger charge is -2.11. The van der Waals surface area contributed by atoms with Gasteiger partial charge in [-0.25, -0.2) is 17.5 Å². The largest absolute Gasteiger partial charge is 0.399 e. The Morgan fingerprint density at radius 2 is 2.12 bits per heavy atom. The van der Waals surface area contributed by atoms with Crippen LogP contribution in [0, 0.1) is 11.2 Å². The quantitative estimate of drug-likeness (QED) is 0.804. The predicted molar refractivity (Wildman–Crippen MR) is 63.3 cm³/mol. The third kappa shape index (κ3) is 2.76. The van der Waals surface area contributed by atoms with Crippen molar-refractivity contribution in [3.05, 3.63) is 24.0 Å². The van der Waals surface area contributed by atoms with Gasteiger partial charge in [0, 0.05) is 12.2 Å². The maximum Gasteiger partial charge on any atom is 0.243 e. The second kappa shape index (κ2) is 3.96. The minimum Gasteiger partial charge on any atom is -0.399 e. The lowest BCUT2D eigenvalue weighted by atomic mass is 10.2. The summed E-state index contributed by atoms with van der Waals surface area (Å²) in [6, 6.07) is 3.56. The van der Waals surface area contributed by atoms with Crippen LogP contribution in [0.2, 0.25) is 0 Å². The molecule has 0 spiro atoms. The van der Waals surface area contributed by atoms with Gasteiger partial charge in [-0.2, -0.15) is 0 Å². The smallest absolute Gasteiger partial charge is 0.243 e. The number of anilines is 1. The summed E-state index contributed by atoms with van der Waals surface area (Å²) < 4.78 is 39.6. The van der Waals surface area contributed by atoms with Gasteiger partial charge in [0.1, 0.15) is 10.7 Å². The van der Waals surface area contributed by atoms with Crippen LogP contribution in [0.25, 0.3) is 0 Å². The summed E-state index contributed by atoms with van der Waals surface area (Å²) >= 11 is 0. The average molecular weight is 258 g/mol. The molecule has 1 saturated carbocycles. The van der Waals surface area contributed by atoms with Gasteiger partial charge in [-0.05, 0) is 36.5 Å². The molecule has 0 radical (unpaired) electrons. The van der Waals surface area contributed by atoms with E-state index in [0.717, 1.165) is 18.9 Å². The van der Waals surface area contributed by atoms with Crippen LogP contribution >= 0.6 is 0 Å². The Morgan fingerprint density at radius 3 is 2.65 bits per heavy atom. The minimum absolute atomic E-state index is 0.0390. The van der Waals surface area contributed by atoms with E-state index >= 15 is 0 Å². The molecule has 0 atom stereocenters. The van der Waals surface area contributed by atoms with Crippen LogP contribution in [0.3, 0.4) is 0 Å². The van der Waals surface area contributed by atoms with Crippen molar-refractivity contribution in [2.75, 3.05) is 12.3 Å². The van der Waals surface area contributed by atoms with Crippen LogP contribution in [0.15, 0.2) is 23.1 Å². The van der Waals surface area contributed by atoms with E-state index in [1.54, 1.807) is 0 Å². The van der Waals surface area contributed by atoms with Crippen molar-refractivity contribution in [1.82, 2.24) is 4.72 Å². The molecule has 3 N–H and O–H groups in total. The Bertz CT molecular complexity index is 538. The molecule has 94 valence electrons. The number of nitrogens with two attached hydrogens (primary N) is 1. The van der Waals surface area contributed by atoms with Crippen molar-refractivity contribution in [1.29, 1.82) is 0 Å². The number of sulfonamides is 1. The van der Waals surface area contributed by atoms with Gasteiger partial charge in [0.15, 0.2) is 0 Å².